The summed E-state index contributed by atoms with van der Waals surface area (Å²) >= 11 is 0. The normalized spacial score (nSPS) is 27.5. The second kappa shape index (κ2) is 6.98. The van der Waals surface area contributed by atoms with Crippen LogP contribution in [0.25, 0.3) is 0 Å². The molecule has 0 aromatic carbocycles. The Hall–Kier alpha value is -2.18. The van der Waals surface area contributed by atoms with Gasteiger partial charge in [-0.05, 0) is 31.1 Å². The van der Waals surface area contributed by atoms with E-state index in [0.29, 0.717) is 5.82 Å². The van der Waals surface area contributed by atoms with Crippen molar-refractivity contribution in [2.75, 3.05) is 0 Å². The fourth-order valence-electron chi connectivity index (χ4n) is 4.56. The number of rotatable bonds is 4. The molecular formula is C18H25N5O2. The molecule has 25 heavy (non-hydrogen) atoms. The minimum absolute atomic E-state index is 0.0884. The van der Waals surface area contributed by atoms with E-state index in [1.54, 1.807) is 10.9 Å². The molecule has 2 fully saturated rings. The molecule has 4 unspecified atom stereocenters. The summed E-state index contributed by atoms with van der Waals surface area (Å²) in [6.45, 7) is 0. The summed E-state index contributed by atoms with van der Waals surface area (Å²) in [4.78, 5) is 17.1. The van der Waals surface area contributed by atoms with E-state index in [1.165, 1.54) is 38.5 Å². The Morgan fingerprint density at radius 3 is 2.84 bits per heavy atom. The first-order chi connectivity index (χ1) is 12.2. The minimum atomic E-state index is -0.413. The average molecular weight is 343 g/mol. The maximum atomic E-state index is 12.9. The standard InChI is InChI=1S/C18H25N5O2/c1-23-10-15(9-20-23)16(17-19-11-25-22-17)21-18(24)14-7-6-12-4-2-3-5-13(12)8-14/h9-14,16H,2-8H2,1H3,(H,21,24). The van der Waals surface area contributed by atoms with E-state index in [-0.39, 0.29) is 11.8 Å². The lowest BCUT2D eigenvalue weighted by Crippen LogP contribution is -2.39. The van der Waals surface area contributed by atoms with Gasteiger partial charge in [-0.25, -0.2) is 0 Å². The van der Waals surface area contributed by atoms with E-state index < -0.39 is 6.04 Å². The lowest BCUT2D eigenvalue weighted by atomic mass is 9.67. The SMILES string of the molecule is Cn1cc(C(NC(=O)C2CCC3CCCCC3C2)c2ncon2)cn1. The second-order valence-electron chi connectivity index (χ2n) is 7.49. The van der Waals surface area contributed by atoms with E-state index in [4.69, 9.17) is 4.52 Å². The highest BCUT2D eigenvalue weighted by atomic mass is 16.5. The third kappa shape index (κ3) is 3.45. The molecule has 1 amide bonds. The van der Waals surface area contributed by atoms with Crippen LogP contribution >= 0.6 is 0 Å². The Labute approximate surface area is 147 Å². The van der Waals surface area contributed by atoms with Gasteiger partial charge >= 0.3 is 0 Å². The molecule has 0 radical (unpaired) electrons. The highest BCUT2D eigenvalue weighted by Crippen LogP contribution is 2.42. The van der Waals surface area contributed by atoms with E-state index in [0.717, 1.165) is 30.2 Å². The molecule has 2 aromatic rings. The predicted molar refractivity (Wildman–Crippen MR) is 90.3 cm³/mol. The van der Waals surface area contributed by atoms with E-state index in [1.807, 2.05) is 13.2 Å². The van der Waals surface area contributed by atoms with Crippen LogP contribution in [-0.2, 0) is 11.8 Å². The monoisotopic (exact) mass is 343 g/mol. The van der Waals surface area contributed by atoms with Crippen LogP contribution in [0.2, 0.25) is 0 Å². The van der Waals surface area contributed by atoms with Crippen molar-refractivity contribution in [2.45, 2.75) is 51.0 Å². The van der Waals surface area contributed by atoms with Crippen molar-refractivity contribution < 1.29 is 9.32 Å². The maximum absolute atomic E-state index is 12.9. The number of nitrogens with one attached hydrogen (secondary N) is 1. The van der Waals surface area contributed by atoms with Crippen molar-refractivity contribution in [2.24, 2.45) is 24.8 Å². The van der Waals surface area contributed by atoms with Crippen LogP contribution in [0.15, 0.2) is 23.3 Å². The van der Waals surface area contributed by atoms with Gasteiger partial charge in [0.25, 0.3) is 0 Å². The van der Waals surface area contributed by atoms with Crippen molar-refractivity contribution in [1.29, 1.82) is 0 Å². The molecule has 2 aliphatic carbocycles. The molecule has 2 heterocycles. The Bertz CT molecular complexity index is 711. The van der Waals surface area contributed by atoms with Gasteiger partial charge in [-0.15, -0.1) is 0 Å². The lowest BCUT2D eigenvalue weighted by Gasteiger charge is -2.39. The summed E-state index contributed by atoms with van der Waals surface area (Å²) in [5.41, 5.74) is 0.864. The largest absolute Gasteiger partial charge is 0.343 e. The number of carbonyl (C=O) groups excluding carboxylic acids is 1. The van der Waals surface area contributed by atoms with E-state index >= 15 is 0 Å². The van der Waals surface area contributed by atoms with Gasteiger partial charge in [0.15, 0.2) is 5.82 Å². The number of nitrogens with zero attached hydrogens (tertiary/aromatic N) is 4. The van der Waals surface area contributed by atoms with Crippen molar-refractivity contribution in [3.63, 3.8) is 0 Å². The van der Waals surface area contributed by atoms with Crippen LogP contribution in [0.3, 0.4) is 0 Å². The van der Waals surface area contributed by atoms with Gasteiger partial charge in [0.05, 0.1) is 6.20 Å². The number of carbonyl (C=O) groups is 1. The van der Waals surface area contributed by atoms with Gasteiger partial charge < -0.3 is 9.84 Å². The van der Waals surface area contributed by atoms with Crippen LogP contribution in [0.5, 0.6) is 0 Å². The Balaban J connectivity index is 1.47. The summed E-state index contributed by atoms with van der Waals surface area (Å²) in [5, 5.41) is 11.3. The summed E-state index contributed by atoms with van der Waals surface area (Å²) in [7, 11) is 1.85. The summed E-state index contributed by atoms with van der Waals surface area (Å²) in [5.74, 6) is 2.21. The van der Waals surface area contributed by atoms with E-state index in [2.05, 4.69) is 20.6 Å². The molecular weight excluding hydrogens is 318 g/mol. The minimum Gasteiger partial charge on any atom is -0.343 e. The Kier molecular flexibility index (Phi) is 4.55. The van der Waals surface area contributed by atoms with Crippen LogP contribution in [0.1, 0.15) is 62.4 Å². The zero-order valence-electron chi connectivity index (χ0n) is 14.6. The molecule has 7 nitrogen and oxygen atoms in total. The quantitative estimate of drug-likeness (QED) is 0.922. The van der Waals surface area contributed by atoms with Crippen molar-refractivity contribution in [1.82, 2.24) is 25.2 Å². The molecule has 134 valence electrons. The second-order valence-corrected chi connectivity index (χ2v) is 7.49. The zero-order chi connectivity index (χ0) is 17.2. The van der Waals surface area contributed by atoms with Crippen molar-refractivity contribution in [3.05, 3.63) is 30.2 Å². The Morgan fingerprint density at radius 1 is 1.28 bits per heavy atom. The summed E-state index contributed by atoms with van der Waals surface area (Å²) in [6.07, 6.45) is 13.4. The number of aryl methyl sites for hydroxylation is 1. The Morgan fingerprint density at radius 2 is 2.12 bits per heavy atom. The van der Waals surface area contributed by atoms with Crippen LogP contribution in [-0.4, -0.2) is 25.8 Å². The van der Waals surface area contributed by atoms with Gasteiger partial charge in [0.2, 0.25) is 12.3 Å². The zero-order valence-corrected chi connectivity index (χ0v) is 14.6. The predicted octanol–water partition coefficient (Wildman–Crippen LogP) is 2.62. The molecule has 4 rings (SSSR count). The van der Waals surface area contributed by atoms with Crippen molar-refractivity contribution >= 4 is 5.91 Å². The molecule has 7 heteroatoms. The molecule has 1 N–H and O–H groups in total. The third-order valence-electron chi connectivity index (χ3n) is 5.89. The summed E-state index contributed by atoms with van der Waals surface area (Å²) in [6, 6.07) is -0.413. The molecule has 0 saturated heterocycles. The van der Waals surface area contributed by atoms with Crippen LogP contribution in [0, 0.1) is 17.8 Å². The number of amides is 1. The highest BCUT2D eigenvalue weighted by Gasteiger charge is 2.36. The first kappa shape index (κ1) is 16.3. The smallest absolute Gasteiger partial charge is 0.223 e. The summed E-state index contributed by atoms with van der Waals surface area (Å²) < 4.78 is 6.59. The third-order valence-corrected chi connectivity index (χ3v) is 5.89. The van der Waals surface area contributed by atoms with Gasteiger partial charge in [-0.1, -0.05) is 30.8 Å². The number of aromatic nitrogens is 4. The fourth-order valence-corrected chi connectivity index (χ4v) is 4.56. The molecule has 2 aliphatic rings. The molecule has 4 atom stereocenters. The van der Waals surface area contributed by atoms with E-state index in [9.17, 15) is 4.79 Å². The number of hydrogen-bond donors (Lipinski definition) is 1. The van der Waals surface area contributed by atoms with Crippen molar-refractivity contribution in [3.8, 4) is 0 Å². The first-order valence-corrected chi connectivity index (χ1v) is 9.26. The highest BCUT2D eigenvalue weighted by molar-refractivity contribution is 5.79. The van der Waals surface area contributed by atoms with Crippen LogP contribution in [0.4, 0.5) is 0 Å². The molecule has 2 saturated carbocycles. The number of hydrogen-bond acceptors (Lipinski definition) is 5. The average Bonchev–Trinajstić information content (AvgIpc) is 3.31. The molecule has 0 spiro atoms. The molecule has 2 aromatic heterocycles. The maximum Gasteiger partial charge on any atom is 0.223 e. The van der Waals surface area contributed by atoms with Gasteiger partial charge in [-0.3, -0.25) is 9.48 Å². The fraction of sp³-hybridized carbons (Fsp3) is 0.667. The van der Waals surface area contributed by atoms with Gasteiger partial charge in [0.1, 0.15) is 6.04 Å². The molecule has 0 aliphatic heterocycles. The van der Waals surface area contributed by atoms with Crippen LogP contribution < -0.4 is 5.32 Å². The van der Waals surface area contributed by atoms with Gasteiger partial charge in [-0.2, -0.15) is 10.1 Å². The topological polar surface area (TPSA) is 85.8 Å². The number of fused-ring (bicyclic) bond motifs is 1. The van der Waals surface area contributed by atoms with Gasteiger partial charge in [0, 0.05) is 24.7 Å². The lowest BCUT2D eigenvalue weighted by molar-refractivity contribution is -0.127. The first-order valence-electron chi connectivity index (χ1n) is 9.26. The molecule has 0 bridgehead atoms.